The van der Waals surface area contributed by atoms with Crippen LogP contribution in [-0.2, 0) is 21.2 Å². The van der Waals surface area contributed by atoms with E-state index in [2.05, 4.69) is 9.88 Å². The number of aliphatic carboxylic acids is 1. The smallest absolute Gasteiger partial charge is 0.317 e. The van der Waals surface area contributed by atoms with Gasteiger partial charge in [0.1, 0.15) is 0 Å². The molecule has 1 N–H and O–H groups in total. The molecule has 1 aromatic rings. The lowest BCUT2D eigenvalue weighted by Crippen LogP contribution is -2.59. The van der Waals surface area contributed by atoms with Crippen molar-refractivity contribution in [2.75, 3.05) is 31.1 Å². The topological polar surface area (TPSA) is 90.8 Å². The van der Waals surface area contributed by atoms with E-state index in [1.165, 1.54) is 0 Å². The Labute approximate surface area is 129 Å². The van der Waals surface area contributed by atoms with Crippen LogP contribution in [0.15, 0.2) is 24.5 Å². The van der Waals surface area contributed by atoms with Crippen molar-refractivity contribution in [3.8, 4) is 0 Å². The molecule has 2 atom stereocenters. The Balaban J connectivity index is 1.79. The van der Waals surface area contributed by atoms with Crippen LogP contribution in [-0.4, -0.2) is 77.5 Å². The summed E-state index contributed by atoms with van der Waals surface area (Å²) in [6, 6.07) is 3.46. The van der Waals surface area contributed by atoms with Gasteiger partial charge in [-0.1, -0.05) is 6.07 Å². The summed E-state index contributed by atoms with van der Waals surface area (Å²) in [5.74, 6) is -0.758. The van der Waals surface area contributed by atoms with Crippen molar-refractivity contribution in [2.24, 2.45) is 0 Å². The Kier molecular flexibility index (Phi) is 4.16. The van der Waals surface area contributed by atoms with Crippen molar-refractivity contribution < 1.29 is 18.3 Å². The second-order valence-corrected chi connectivity index (χ2v) is 8.06. The van der Waals surface area contributed by atoms with Gasteiger partial charge in [0.05, 0.1) is 18.1 Å². The van der Waals surface area contributed by atoms with E-state index < -0.39 is 15.8 Å². The fourth-order valence-electron chi connectivity index (χ4n) is 3.39. The molecule has 0 aliphatic carbocycles. The van der Waals surface area contributed by atoms with E-state index in [4.69, 9.17) is 5.11 Å². The normalized spacial score (nSPS) is 28.4. The molecule has 0 bridgehead atoms. The molecule has 2 aliphatic heterocycles. The highest BCUT2D eigenvalue weighted by Gasteiger charge is 2.46. The summed E-state index contributed by atoms with van der Waals surface area (Å²) in [7, 11) is -3.11. The van der Waals surface area contributed by atoms with Crippen molar-refractivity contribution >= 4 is 15.8 Å². The molecule has 3 heterocycles. The Morgan fingerprint density at radius 2 is 1.95 bits per heavy atom. The average Bonchev–Trinajstić information content (AvgIpc) is 2.78. The summed E-state index contributed by atoms with van der Waals surface area (Å²) in [6.07, 6.45) is 3.49. The van der Waals surface area contributed by atoms with Gasteiger partial charge in [-0.25, -0.2) is 8.42 Å². The van der Waals surface area contributed by atoms with E-state index in [-0.39, 0.29) is 30.1 Å². The van der Waals surface area contributed by atoms with E-state index in [9.17, 15) is 13.2 Å². The monoisotopic (exact) mass is 325 g/mol. The average molecular weight is 325 g/mol. The number of pyridine rings is 1. The minimum absolute atomic E-state index is 0.0501. The second kappa shape index (κ2) is 5.94. The first-order valence-corrected chi connectivity index (χ1v) is 9.06. The minimum Gasteiger partial charge on any atom is -0.480 e. The van der Waals surface area contributed by atoms with Gasteiger partial charge in [0.2, 0.25) is 0 Å². The first kappa shape index (κ1) is 15.4. The van der Waals surface area contributed by atoms with Crippen LogP contribution in [0.4, 0.5) is 0 Å². The number of hydrogen-bond acceptors (Lipinski definition) is 6. The van der Waals surface area contributed by atoms with Crippen molar-refractivity contribution in [3.63, 3.8) is 0 Å². The summed E-state index contributed by atoms with van der Waals surface area (Å²) >= 11 is 0. The predicted octanol–water partition coefficient (Wildman–Crippen LogP) is -0.551. The Morgan fingerprint density at radius 1 is 1.27 bits per heavy atom. The van der Waals surface area contributed by atoms with Crippen molar-refractivity contribution in [1.82, 2.24) is 14.8 Å². The zero-order chi connectivity index (χ0) is 15.7. The lowest BCUT2D eigenvalue weighted by Gasteiger charge is -2.43. The number of piperazine rings is 1. The number of hydrogen-bond donors (Lipinski definition) is 1. The van der Waals surface area contributed by atoms with Crippen LogP contribution in [0.3, 0.4) is 0 Å². The van der Waals surface area contributed by atoms with Crippen LogP contribution in [0.25, 0.3) is 0 Å². The Morgan fingerprint density at radius 3 is 2.59 bits per heavy atom. The number of rotatable bonds is 4. The van der Waals surface area contributed by atoms with Gasteiger partial charge >= 0.3 is 5.97 Å². The van der Waals surface area contributed by atoms with Crippen LogP contribution in [0.1, 0.15) is 5.56 Å². The third-order valence-corrected chi connectivity index (χ3v) is 6.05. The van der Waals surface area contributed by atoms with Crippen LogP contribution >= 0.6 is 0 Å². The molecule has 2 aliphatic rings. The molecule has 1 aromatic heterocycles. The van der Waals surface area contributed by atoms with Gasteiger partial charge in [0.25, 0.3) is 0 Å². The summed E-state index contributed by atoms with van der Waals surface area (Å²) in [4.78, 5) is 19.0. The molecule has 2 fully saturated rings. The molecular formula is C14H19N3O4S. The van der Waals surface area contributed by atoms with Gasteiger partial charge in [-0.3, -0.25) is 19.6 Å². The van der Waals surface area contributed by atoms with E-state index in [1.807, 2.05) is 12.1 Å². The summed E-state index contributed by atoms with van der Waals surface area (Å²) in [5, 5.41) is 9.00. The maximum atomic E-state index is 12.0. The van der Waals surface area contributed by atoms with E-state index in [0.717, 1.165) is 5.56 Å². The number of fused-ring (bicyclic) bond motifs is 1. The van der Waals surface area contributed by atoms with Crippen LogP contribution in [0, 0.1) is 0 Å². The maximum Gasteiger partial charge on any atom is 0.317 e. The molecule has 0 unspecified atom stereocenters. The van der Waals surface area contributed by atoms with Crippen LogP contribution in [0.2, 0.25) is 0 Å². The lowest BCUT2D eigenvalue weighted by atomic mass is 10.0. The van der Waals surface area contributed by atoms with Gasteiger partial charge in [0, 0.05) is 44.1 Å². The number of aromatic nitrogens is 1. The minimum atomic E-state index is -3.11. The Hall–Kier alpha value is -1.51. The molecule has 22 heavy (non-hydrogen) atoms. The fraction of sp³-hybridized carbons (Fsp3) is 0.571. The van der Waals surface area contributed by atoms with Gasteiger partial charge in [0.15, 0.2) is 9.84 Å². The van der Waals surface area contributed by atoms with E-state index in [1.54, 1.807) is 17.3 Å². The van der Waals surface area contributed by atoms with Gasteiger partial charge in [-0.2, -0.15) is 0 Å². The first-order valence-electron chi connectivity index (χ1n) is 7.24. The molecule has 3 rings (SSSR count). The number of carboxylic acid groups (broad SMARTS) is 1. The fourth-order valence-corrected chi connectivity index (χ4v) is 5.43. The van der Waals surface area contributed by atoms with Crippen LogP contribution in [0.5, 0.6) is 0 Å². The molecule has 0 amide bonds. The zero-order valence-electron chi connectivity index (χ0n) is 12.1. The third kappa shape index (κ3) is 3.29. The molecule has 0 spiro atoms. The molecule has 0 saturated carbocycles. The number of sulfone groups is 1. The molecule has 0 radical (unpaired) electrons. The molecule has 8 heteroatoms. The number of carboxylic acids is 1. The maximum absolute atomic E-state index is 12.0. The Bertz CT molecular complexity index is 649. The zero-order valence-corrected chi connectivity index (χ0v) is 12.9. The largest absolute Gasteiger partial charge is 0.480 e. The first-order chi connectivity index (χ1) is 10.4. The molecule has 0 aromatic carbocycles. The van der Waals surface area contributed by atoms with E-state index >= 15 is 0 Å². The van der Waals surface area contributed by atoms with Crippen LogP contribution < -0.4 is 0 Å². The standard InChI is InChI=1S/C14H19N3O4S/c18-14(19)8-17-5-4-16(7-11-2-1-3-15-6-11)12-9-22(20,21)10-13(12)17/h1-3,6,12-13H,4-5,7-10H2,(H,18,19)/t12-,13+/m1/s1. The number of carbonyl (C=O) groups is 1. The summed E-state index contributed by atoms with van der Waals surface area (Å²) < 4.78 is 24.0. The third-order valence-electron chi connectivity index (χ3n) is 4.35. The summed E-state index contributed by atoms with van der Waals surface area (Å²) in [6.45, 7) is 1.78. The summed E-state index contributed by atoms with van der Waals surface area (Å²) in [5.41, 5.74) is 1.04. The molecular weight excluding hydrogens is 306 g/mol. The van der Waals surface area contributed by atoms with Crippen molar-refractivity contribution in [1.29, 1.82) is 0 Å². The quantitative estimate of drug-likeness (QED) is 0.794. The highest BCUT2D eigenvalue weighted by molar-refractivity contribution is 7.91. The number of nitrogens with zero attached hydrogens (tertiary/aromatic N) is 3. The van der Waals surface area contributed by atoms with Gasteiger partial charge in [-0.15, -0.1) is 0 Å². The second-order valence-electron chi connectivity index (χ2n) is 5.91. The lowest BCUT2D eigenvalue weighted by molar-refractivity contribution is -0.139. The SMILES string of the molecule is O=C(O)CN1CCN(Cc2cccnc2)[C@@H]2CS(=O)(=O)C[C@@H]21. The molecule has 120 valence electrons. The molecule has 2 saturated heterocycles. The van der Waals surface area contributed by atoms with E-state index in [0.29, 0.717) is 19.6 Å². The van der Waals surface area contributed by atoms with Crippen molar-refractivity contribution in [2.45, 2.75) is 18.6 Å². The van der Waals surface area contributed by atoms with Gasteiger partial charge < -0.3 is 5.11 Å². The van der Waals surface area contributed by atoms with Gasteiger partial charge in [-0.05, 0) is 11.6 Å². The molecule has 7 nitrogen and oxygen atoms in total. The highest BCUT2D eigenvalue weighted by Crippen LogP contribution is 2.27. The predicted molar refractivity (Wildman–Crippen MR) is 80.1 cm³/mol. The van der Waals surface area contributed by atoms with Crippen molar-refractivity contribution in [3.05, 3.63) is 30.1 Å². The highest BCUT2D eigenvalue weighted by atomic mass is 32.2.